The molecule has 0 N–H and O–H groups in total. The van der Waals surface area contributed by atoms with E-state index in [0.29, 0.717) is 10.6 Å². The normalized spacial score (nSPS) is 11.2. The third kappa shape index (κ3) is 4.21. The van der Waals surface area contributed by atoms with Crippen molar-refractivity contribution in [3.8, 4) is 17.2 Å². The van der Waals surface area contributed by atoms with E-state index in [1.165, 1.54) is 29.0 Å². The highest BCUT2D eigenvalue weighted by Gasteiger charge is 2.30. The van der Waals surface area contributed by atoms with Crippen molar-refractivity contribution in [1.82, 2.24) is 4.57 Å². The minimum atomic E-state index is -4.48. The summed E-state index contributed by atoms with van der Waals surface area (Å²) in [6.07, 6.45) is -3.04. The molecule has 0 atom stereocenters. The molecule has 2 aromatic carbocycles. The van der Waals surface area contributed by atoms with Gasteiger partial charge in [0.25, 0.3) is 5.56 Å². The Morgan fingerprint density at radius 1 is 1.04 bits per heavy atom. The largest absolute Gasteiger partial charge is 0.416 e. The van der Waals surface area contributed by atoms with Crippen LogP contribution in [0.5, 0.6) is 0 Å². The molecule has 7 heteroatoms. The van der Waals surface area contributed by atoms with Gasteiger partial charge in [0.1, 0.15) is 11.6 Å². The molecule has 0 radical (unpaired) electrons. The number of benzene rings is 2. The highest BCUT2D eigenvalue weighted by molar-refractivity contribution is 6.30. The highest BCUT2D eigenvalue weighted by Crippen LogP contribution is 2.32. The molecule has 0 unspecified atom stereocenters. The molecule has 1 heterocycles. The second-order valence-corrected chi connectivity index (χ2v) is 6.33. The summed E-state index contributed by atoms with van der Waals surface area (Å²) in [5.41, 5.74) is -0.124. The van der Waals surface area contributed by atoms with Gasteiger partial charge in [0.05, 0.1) is 12.1 Å². The Kier molecular flexibility index (Phi) is 5.06. The zero-order valence-corrected chi connectivity index (χ0v) is 14.6. The van der Waals surface area contributed by atoms with Crippen molar-refractivity contribution in [2.45, 2.75) is 12.7 Å². The van der Waals surface area contributed by atoms with Gasteiger partial charge in [0.15, 0.2) is 0 Å². The van der Waals surface area contributed by atoms with Crippen LogP contribution in [0.4, 0.5) is 13.2 Å². The van der Waals surface area contributed by atoms with Gasteiger partial charge in [-0.25, -0.2) is 0 Å². The number of aromatic nitrogens is 1. The lowest BCUT2D eigenvalue weighted by Crippen LogP contribution is -2.23. The second kappa shape index (κ2) is 7.29. The zero-order valence-electron chi connectivity index (χ0n) is 13.8. The Hall–Kier alpha value is -3.04. The minimum absolute atomic E-state index is 0.140. The third-order valence-corrected chi connectivity index (χ3v) is 4.21. The second-order valence-electron chi connectivity index (χ2n) is 5.90. The molecule has 3 rings (SSSR count). The summed E-state index contributed by atoms with van der Waals surface area (Å²) in [7, 11) is 0. The van der Waals surface area contributed by atoms with Crippen molar-refractivity contribution in [2.75, 3.05) is 0 Å². The fourth-order valence-corrected chi connectivity index (χ4v) is 2.91. The summed E-state index contributed by atoms with van der Waals surface area (Å²) in [6, 6.07) is 14.7. The van der Waals surface area contributed by atoms with Crippen LogP contribution in [0.1, 0.15) is 16.7 Å². The van der Waals surface area contributed by atoms with Crippen LogP contribution in [0, 0.1) is 11.3 Å². The van der Waals surface area contributed by atoms with E-state index in [0.717, 1.165) is 17.7 Å². The smallest absolute Gasteiger partial charge is 0.309 e. The fourth-order valence-electron chi connectivity index (χ4n) is 2.70. The molecule has 3 nitrogen and oxygen atoms in total. The standard InChI is InChI=1S/C20H12ClF3N2O/c21-18-6-1-3-13(7-18)11-26-12-16(8-15(10-25)19(26)27)14-4-2-5-17(9-14)20(22,23)24/h1-9,12H,11H2. The van der Waals surface area contributed by atoms with Crippen LogP contribution >= 0.6 is 11.6 Å². The lowest BCUT2D eigenvalue weighted by molar-refractivity contribution is -0.137. The zero-order chi connectivity index (χ0) is 19.6. The molecule has 136 valence electrons. The highest BCUT2D eigenvalue weighted by atomic mass is 35.5. The van der Waals surface area contributed by atoms with E-state index in [1.807, 2.05) is 0 Å². The third-order valence-electron chi connectivity index (χ3n) is 3.97. The molecule has 0 aliphatic rings. The number of alkyl halides is 3. The van der Waals surface area contributed by atoms with Gasteiger partial charge in [-0.15, -0.1) is 0 Å². The van der Waals surface area contributed by atoms with Crippen LogP contribution in [0.2, 0.25) is 5.02 Å². The monoisotopic (exact) mass is 388 g/mol. The maximum Gasteiger partial charge on any atom is 0.416 e. The van der Waals surface area contributed by atoms with Crippen LogP contribution < -0.4 is 5.56 Å². The van der Waals surface area contributed by atoms with Crippen LogP contribution in [-0.4, -0.2) is 4.57 Å². The van der Waals surface area contributed by atoms with Crippen molar-refractivity contribution in [1.29, 1.82) is 5.26 Å². The van der Waals surface area contributed by atoms with Gasteiger partial charge >= 0.3 is 6.18 Å². The molecule has 0 fully saturated rings. The Labute approximate surface area is 157 Å². The molecule has 27 heavy (non-hydrogen) atoms. The van der Waals surface area contributed by atoms with Crippen LogP contribution in [0.15, 0.2) is 65.6 Å². The first kappa shape index (κ1) is 18.7. The van der Waals surface area contributed by atoms with Crippen molar-refractivity contribution in [2.24, 2.45) is 0 Å². The van der Waals surface area contributed by atoms with E-state index in [2.05, 4.69) is 0 Å². The van der Waals surface area contributed by atoms with Crippen LogP contribution in [-0.2, 0) is 12.7 Å². The van der Waals surface area contributed by atoms with Gasteiger partial charge < -0.3 is 4.57 Å². The van der Waals surface area contributed by atoms with Crippen molar-refractivity contribution in [3.63, 3.8) is 0 Å². The van der Waals surface area contributed by atoms with Gasteiger partial charge in [-0.05, 0) is 47.0 Å². The minimum Gasteiger partial charge on any atom is -0.309 e. The van der Waals surface area contributed by atoms with Gasteiger partial charge in [-0.2, -0.15) is 18.4 Å². The van der Waals surface area contributed by atoms with E-state index in [4.69, 9.17) is 11.6 Å². The fraction of sp³-hybridized carbons (Fsp3) is 0.100. The lowest BCUT2D eigenvalue weighted by atomic mass is 10.0. The Bertz CT molecular complexity index is 1100. The van der Waals surface area contributed by atoms with Gasteiger partial charge in [0, 0.05) is 11.2 Å². The van der Waals surface area contributed by atoms with Crippen molar-refractivity contribution in [3.05, 3.63) is 92.9 Å². The maximum absolute atomic E-state index is 13.0. The first-order valence-corrected chi connectivity index (χ1v) is 8.22. The molecule has 0 amide bonds. The van der Waals surface area contributed by atoms with Crippen LogP contribution in [0.25, 0.3) is 11.1 Å². The maximum atomic E-state index is 13.0. The summed E-state index contributed by atoms with van der Waals surface area (Å²) < 4.78 is 40.2. The number of nitrogens with zero attached hydrogens (tertiary/aromatic N) is 2. The molecular weight excluding hydrogens is 377 g/mol. The molecule has 0 spiro atoms. The Balaban J connectivity index is 2.10. The van der Waals surface area contributed by atoms with Gasteiger partial charge in [0.2, 0.25) is 0 Å². The molecule has 0 bridgehead atoms. The SMILES string of the molecule is N#Cc1cc(-c2cccc(C(F)(F)F)c2)cn(Cc2cccc(Cl)c2)c1=O. The molecule has 0 saturated carbocycles. The number of hydrogen-bond donors (Lipinski definition) is 0. The van der Waals surface area contributed by atoms with Crippen molar-refractivity contribution >= 4 is 11.6 Å². The average molecular weight is 389 g/mol. The summed E-state index contributed by atoms with van der Waals surface area (Å²) >= 11 is 5.95. The van der Waals surface area contributed by atoms with Crippen molar-refractivity contribution < 1.29 is 13.2 Å². The number of nitriles is 1. The summed E-state index contributed by atoms with van der Waals surface area (Å²) in [6.45, 7) is 0.140. The van der Waals surface area contributed by atoms with E-state index in [1.54, 1.807) is 30.3 Å². The summed E-state index contributed by atoms with van der Waals surface area (Å²) in [5.74, 6) is 0. The van der Waals surface area contributed by atoms with E-state index < -0.39 is 17.3 Å². The summed E-state index contributed by atoms with van der Waals surface area (Å²) in [4.78, 5) is 12.4. The molecule has 0 aliphatic carbocycles. The predicted molar refractivity (Wildman–Crippen MR) is 96.4 cm³/mol. The molecule has 1 aromatic heterocycles. The molecule has 0 aliphatic heterocycles. The van der Waals surface area contributed by atoms with E-state index in [9.17, 15) is 23.2 Å². The van der Waals surface area contributed by atoms with E-state index in [-0.39, 0.29) is 17.7 Å². The number of hydrogen-bond acceptors (Lipinski definition) is 2. The first-order valence-electron chi connectivity index (χ1n) is 7.84. The topological polar surface area (TPSA) is 45.8 Å². The number of halogens is 4. The Morgan fingerprint density at radius 2 is 1.78 bits per heavy atom. The molecule has 0 saturated heterocycles. The molecular formula is C20H12ClF3N2O. The predicted octanol–water partition coefficient (Wildman–Crippen LogP) is 5.11. The van der Waals surface area contributed by atoms with E-state index >= 15 is 0 Å². The quantitative estimate of drug-likeness (QED) is 0.626. The lowest BCUT2D eigenvalue weighted by Gasteiger charge is -2.12. The van der Waals surface area contributed by atoms with Gasteiger partial charge in [-0.1, -0.05) is 35.9 Å². The number of rotatable bonds is 3. The molecule has 3 aromatic rings. The number of pyridine rings is 1. The van der Waals surface area contributed by atoms with Gasteiger partial charge in [-0.3, -0.25) is 4.79 Å². The first-order chi connectivity index (χ1) is 12.8. The Morgan fingerprint density at radius 3 is 2.44 bits per heavy atom. The van der Waals surface area contributed by atoms with Crippen LogP contribution in [0.3, 0.4) is 0 Å². The summed E-state index contributed by atoms with van der Waals surface area (Å²) in [5, 5.41) is 9.74. The average Bonchev–Trinajstić information content (AvgIpc) is 2.63.